The number of carbonyl (C=O) groups excluding carboxylic acids is 1. The first-order valence-corrected chi connectivity index (χ1v) is 6.83. The maximum atomic E-state index is 11.0. The van der Waals surface area contributed by atoms with Gasteiger partial charge < -0.3 is 24.8 Å². The molecule has 8 heteroatoms. The van der Waals surface area contributed by atoms with Crippen LogP contribution in [0.2, 0.25) is 5.02 Å². The molecule has 0 amide bonds. The van der Waals surface area contributed by atoms with Gasteiger partial charge in [-0.25, -0.2) is 0 Å². The molecule has 0 unspecified atom stereocenters. The number of methoxy groups -OCH3 is 3. The second-order valence-electron chi connectivity index (χ2n) is 3.89. The lowest BCUT2D eigenvalue weighted by atomic mass is 10.2. The van der Waals surface area contributed by atoms with Crippen molar-refractivity contribution in [3.05, 3.63) is 17.2 Å². The normalized spacial score (nSPS) is 9.71. The Morgan fingerprint density at radius 2 is 1.90 bits per heavy atom. The summed E-state index contributed by atoms with van der Waals surface area (Å²) in [4.78, 5) is 11.0. The van der Waals surface area contributed by atoms with Crippen LogP contribution in [-0.4, -0.2) is 39.0 Å². The monoisotopic (exact) mass is 332 g/mol. The van der Waals surface area contributed by atoms with E-state index in [9.17, 15) is 4.79 Å². The van der Waals surface area contributed by atoms with Crippen LogP contribution in [-0.2, 0) is 9.53 Å². The first-order valence-electron chi connectivity index (χ1n) is 6.05. The lowest BCUT2D eigenvalue weighted by Crippen LogP contribution is -2.30. The van der Waals surface area contributed by atoms with Crippen LogP contribution in [0.15, 0.2) is 12.1 Å². The zero-order valence-corrected chi connectivity index (χ0v) is 13.6. The van der Waals surface area contributed by atoms with Gasteiger partial charge in [-0.05, 0) is 12.2 Å². The van der Waals surface area contributed by atoms with E-state index in [1.807, 2.05) is 0 Å². The Balaban J connectivity index is 2.68. The second kappa shape index (κ2) is 8.53. The molecule has 0 saturated heterocycles. The number of nitrogens with one attached hydrogen (secondary N) is 2. The molecule has 0 heterocycles. The zero-order chi connectivity index (χ0) is 15.8. The van der Waals surface area contributed by atoms with Crippen molar-refractivity contribution >= 4 is 40.6 Å². The number of hydrogen-bond acceptors (Lipinski definition) is 5. The van der Waals surface area contributed by atoms with Crippen molar-refractivity contribution in [2.75, 3.05) is 33.2 Å². The highest BCUT2D eigenvalue weighted by Crippen LogP contribution is 2.35. The molecule has 0 aliphatic heterocycles. The lowest BCUT2D eigenvalue weighted by molar-refractivity contribution is -0.140. The van der Waals surface area contributed by atoms with Gasteiger partial charge in [0.1, 0.15) is 11.5 Å². The van der Waals surface area contributed by atoms with Gasteiger partial charge in [0.25, 0.3) is 0 Å². The third kappa shape index (κ3) is 5.28. The van der Waals surface area contributed by atoms with E-state index >= 15 is 0 Å². The summed E-state index contributed by atoms with van der Waals surface area (Å²) in [7, 11) is 4.38. The van der Waals surface area contributed by atoms with Gasteiger partial charge in [-0.1, -0.05) is 11.6 Å². The first-order chi connectivity index (χ1) is 10.0. The van der Waals surface area contributed by atoms with Crippen LogP contribution in [0.1, 0.15) is 6.42 Å². The predicted octanol–water partition coefficient (Wildman–Crippen LogP) is 2.21. The molecule has 0 bridgehead atoms. The Kier molecular flexibility index (Phi) is 7.04. The Morgan fingerprint density at radius 1 is 1.24 bits per heavy atom. The van der Waals surface area contributed by atoms with E-state index in [1.165, 1.54) is 21.3 Å². The molecule has 1 aromatic carbocycles. The lowest BCUT2D eigenvalue weighted by Gasteiger charge is -2.15. The largest absolute Gasteiger partial charge is 0.495 e. The SMILES string of the molecule is COC(=O)CCNC(=S)Nc1cc(OC)c(Cl)cc1OC. The minimum Gasteiger partial charge on any atom is -0.495 e. The molecule has 0 fully saturated rings. The molecule has 21 heavy (non-hydrogen) atoms. The number of carbonyl (C=O) groups is 1. The van der Waals surface area contributed by atoms with Crippen molar-refractivity contribution in [3.8, 4) is 11.5 Å². The quantitative estimate of drug-likeness (QED) is 0.611. The zero-order valence-electron chi connectivity index (χ0n) is 12.0. The summed E-state index contributed by atoms with van der Waals surface area (Å²) in [5, 5.41) is 6.63. The molecule has 2 N–H and O–H groups in total. The van der Waals surface area contributed by atoms with Crippen molar-refractivity contribution in [2.24, 2.45) is 0 Å². The van der Waals surface area contributed by atoms with Crippen LogP contribution in [0.25, 0.3) is 0 Å². The molecule has 0 spiro atoms. The molecule has 0 aromatic heterocycles. The minimum atomic E-state index is -0.309. The Labute approximate surface area is 133 Å². The summed E-state index contributed by atoms with van der Waals surface area (Å²) in [5.41, 5.74) is 0.606. The van der Waals surface area contributed by atoms with Crippen molar-refractivity contribution < 1.29 is 19.0 Å². The molecule has 0 saturated carbocycles. The van der Waals surface area contributed by atoms with Gasteiger partial charge in [0, 0.05) is 18.7 Å². The molecule has 116 valence electrons. The van der Waals surface area contributed by atoms with E-state index in [-0.39, 0.29) is 12.4 Å². The van der Waals surface area contributed by atoms with Crippen LogP contribution in [0.5, 0.6) is 11.5 Å². The van der Waals surface area contributed by atoms with Gasteiger partial charge in [-0.2, -0.15) is 0 Å². The fourth-order valence-corrected chi connectivity index (χ4v) is 1.95. The summed E-state index contributed by atoms with van der Waals surface area (Å²) in [5.74, 6) is 0.714. The van der Waals surface area contributed by atoms with Gasteiger partial charge in [-0.15, -0.1) is 0 Å². The number of anilines is 1. The molecule has 0 aliphatic carbocycles. The molecule has 6 nitrogen and oxygen atoms in total. The van der Waals surface area contributed by atoms with E-state index in [0.717, 1.165) is 0 Å². The van der Waals surface area contributed by atoms with Crippen LogP contribution < -0.4 is 20.1 Å². The average molecular weight is 333 g/mol. The highest BCUT2D eigenvalue weighted by molar-refractivity contribution is 7.80. The van der Waals surface area contributed by atoms with E-state index in [1.54, 1.807) is 12.1 Å². The number of esters is 1. The molecule has 1 rings (SSSR count). The van der Waals surface area contributed by atoms with Crippen LogP contribution in [0.3, 0.4) is 0 Å². The number of benzene rings is 1. The maximum absolute atomic E-state index is 11.0. The van der Waals surface area contributed by atoms with Crippen LogP contribution in [0, 0.1) is 0 Å². The standard InChI is InChI=1S/C13H17ClN2O4S/c1-18-10-7-9(11(19-2)6-8(10)14)16-13(21)15-5-4-12(17)20-3/h6-7H,4-5H2,1-3H3,(H2,15,16,21). The fourth-order valence-electron chi connectivity index (χ4n) is 1.50. The Bertz CT molecular complexity index is 525. The van der Waals surface area contributed by atoms with E-state index in [4.69, 9.17) is 33.3 Å². The maximum Gasteiger partial charge on any atom is 0.307 e. The van der Waals surface area contributed by atoms with Crippen LogP contribution >= 0.6 is 23.8 Å². The topological polar surface area (TPSA) is 68.8 Å². The number of ether oxygens (including phenoxy) is 3. The van der Waals surface area contributed by atoms with Gasteiger partial charge >= 0.3 is 5.97 Å². The summed E-state index contributed by atoms with van der Waals surface area (Å²) in [6.07, 6.45) is 0.222. The van der Waals surface area contributed by atoms with Crippen molar-refractivity contribution in [3.63, 3.8) is 0 Å². The van der Waals surface area contributed by atoms with Gasteiger partial charge in [0.05, 0.1) is 38.5 Å². The molecule has 0 atom stereocenters. The molecular formula is C13H17ClN2O4S. The van der Waals surface area contributed by atoms with E-state index < -0.39 is 0 Å². The number of hydrogen-bond donors (Lipinski definition) is 2. The molecule has 0 radical (unpaired) electrons. The van der Waals surface area contributed by atoms with E-state index in [2.05, 4.69) is 15.4 Å². The summed E-state index contributed by atoms with van der Waals surface area (Å²) < 4.78 is 14.9. The average Bonchev–Trinajstić information content (AvgIpc) is 2.48. The highest BCUT2D eigenvalue weighted by Gasteiger charge is 2.11. The number of halogens is 1. The predicted molar refractivity (Wildman–Crippen MR) is 85.4 cm³/mol. The third-order valence-electron chi connectivity index (χ3n) is 2.56. The summed E-state index contributed by atoms with van der Waals surface area (Å²) in [6, 6.07) is 3.30. The Morgan fingerprint density at radius 3 is 2.48 bits per heavy atom. The van der Waals surface area contributed by atoms with Crippen molar-refractivity contribution in [1.82, 2.24) is 5.32 Å². The third-order valence-corrected chi connectivity index (χ3v) is 3.11. The van der Waals surface area contributed by atoms with E-state index in [0.29, 0.717) is 33.9 Å². The number of thiocarbonyl (C=S) groups is 1. The summed E-state index contributed by atoms with van der Waals surface area (Å²) >= 11 is 11.2. The second-order valence-corrected chi connectivity index (χ2v) is 4.71. The fraction of sp³-hybridized carbons (Fsp3) is 0.385. The van der Waals surface area contributed by atoms with Crippen molar-refractivity contribution in [2.45, 2.75) is 6.42 Å². The first kappa shape index (κ1) is 17.3. The van der Waals surface area contributed by atoms with Gasteiger partial charge in [0.2, 0.25) is 0 Å². The molecule has 0 aliphatic rings. The summed E-state index contributed by atoms with van der Waals surface area (Å²) in [6.45, 7) is 0.367. The highest BCUT2D eigenvalue weighted by atomic mass is 35.5. The minimum absolute atomic E-state index is 0.222. The molecular weight excluding hydrogens is 316 g/mol. The molecule has 1 aromatic rings. The van der Waals surface area contributed by atoms with Gasteiger partial charge in [-0.3, -0.25) is 4.79 Å². The van der Waals surface area contributed by atoms with Crippen LogP contribution in [0.4, 0.5) is 5.69 Å². The smallest absolute Gasteiger partial charge is 0.307 e. The number of rotatable bonds is 6. The Hall–Kier alpha value is -1.73. The van der Waals surface area contributed by atoms with Gasteiger partial charge in [0.15, 0.2) is 5.11 Å². The van der Waals surface area contributed by atoms with Crippen molar-refractivity contribution in [1.29, 1.82) is 0 Å².